The predicted octanol–water partition coefficient (Wildman–Crippen LogP) is 7.31. The van der Waals surface area contributed by atoms with Crippen LogP contribution >= 0.6 is 0 Å². The monoisotopic (exact) mass is 407 g/mol. The zero-order valence-corrected chi connectivity index (χ0v) is 19.4. The highest BCUT2D eigenvalue weighted by molar-refractivity contribution is 5.13. The van der Waals surface area contributed by atoms with E-state index in [1.165, 1.54) is 77.0 Å². The molecule has 0 amide bonds. The number of hydrogen-bond donors (Lipinski definition) is 1. The summed E-state index contributed by atoms with van der Waals surface area (Å²) < 4.78 is 0. The van der Waals surface area contributed by atoms with Crippen molar-refractivity contribution in [2.24, 2.45) is 47.3 Å². The van der Waals surface area contributed by atoms with Gasteiger partial charge < -0.3 is 5.32 Å². The largest absolute Gasteiger partial charge is 0.310 e. The molecule has 2 saturated carbocycles. The normalized spacial score (nSPS) is 48.6. The summed E-state index contributed by atoms with van der Waals surface area (Å²) >= 11 is 0. The lowest BCUT2D eigenvalue weighted by molar-refractivity contribution is 0.00550. The van der Waals surface area contributed by atoms with Crippen LogP contribution in [-0.2, 0) is 0 Å². The Hall–Kier alpha value is -0.820. The summed E-state index contributed by atoms with van der Waals surface area (Å²) in [5, 5.41) is 4.30. The van der Waals surface area contributed by atoms with Crippen LogP contribution in [0, 0.1) is 47.3 Å². The van der Waals surface area contributed by atoms with E-state index in [0.29, 0.717) is 0 Å². The van der Waals surface area contributed by atoms with E-state index in [0.717, 1.165) is 59.4 Å². The van der Waals surface area contributed by atoms with Gasteiger partial charge in [0.05, 0.1) is 0 Å². The Morgan fingerprint density at radius 2 is 1.70 bits per heavy atom. The topological polar surface area (TPSA) is 12.0 Å². The van der Waals surface area contributed by atoms with E-state index in [4.69, 9.17) is 0 Å². The van der Waals surface area contributed by atoms with Crippen molar-refractivity contribution in [1.82, 2.24) is 5.32 Å². The predicted molar refractivity (Wildman–Crippen MR) is 128 cm³/mol. The summed E-state index contributed by atoms with van der Waals surface area (Å²) in [4.78, 5) is 0. The van der Waals surface area contributed by atoms with Crippen molar-refractivity contribution in [2.75, 3.05) is 0 Å². The second-order valence-corrected chi connectivity index (χ2v) is 11.6. The summed E-state index contributed by atoms with van der Waals surface area (Å²) in [6.45, 7) is 6.66. The Labute approximate surface area is 185 Å². The molecule has 30 heavy (non-hydrogen) atoms. The molecule has 1 N–H and O–H groups in total. The molecule has 0 bridgehead atoms. The Morgan fingerprint density at radius 3 is 2.60 bits per heavy atom. The minimum absolute atomic E-state index is 0.717. The van der Waals surface area contributed by atoms with Crippen LogP contribution in [0.15, 0.2) is 37.0 Å². The van der Waals surface area contributed by atoms with Crippen LogP contribution in [-0.4, -0.2) is 12.1 Å². The molecule has 1 nitrogen and oxygen atoms in total. The van der Waals surface area contributed by atoms with E-state index in [-0.39, 0.29) is 0 Å². The highest BCUT2D eigenvalue weighted by atomic mass is 15.0. The van der Waals surface area contributed by atoms with Gasteiger partial charge in [0.25, 0.3) is 0 Å². The fourth-order valence-electron chi connectivity index (χ4n) is 8.66. The third kappa shape index (κ3) is 4.01. The van der Waals surface area contributed by atoms with Crippen LogP contribution in [0.25, 0.3) is 0 Å². The maximum absolute atomic E-state index is 4.30. The molecular weight excluding hydrogens is 362 g/mol. The van der Waals surface area contributed by atoms with Crippen molar-refractivity contribution < 1.29 is 0 Å². The van der Waals surface area contributed by atoms with Gasteiger partial charge in [-0.3, -0.25) is 0 Å². The molecule has 10 unspecified atom stereocenters. The molecule has 0 aromatic heterocycles. The minimum atomic E-state index is 0.717. The first kappa shape index (κ1) is 21.0. The quantitative estimate of drug-likeness (QED) is 0.484. The van der Waals surface area contributed by atoms with Gasteiger partial charge >= 0.3 is 0 Å². The van der Waals surface area contributed by atoms with Gasteiger partial charge in [-0.15, -0.1) is 6.58 Å². The van der Waals surface area contributed by atoms with E-state index in [1.54, 1.807) is 0 Å². The second kappa shape index (κ2) is 9.35. The maximum atomic E-state index is 4.30. The average molecular weight is 408 g/mol. The third-order valence-electron chi connectivity index (χ3n) is 10.1. The molecule has 10 atom stereocenters. The van der Waals surface area contributed by atoms with Gasteiger partial charge in [-0.25, -0.2) is 0 Å². The number of hydrogen-bond acceptors (Lipinski definition) is 1. The van der Waals surface area contributed by atoms with Crippen molar-refractivity contribution in [2.45, 2.75) is 96.1 Å². The van der Waals surface area contributed by atoms with Crippen LogP contribution in [0.5, 0.6) is 0 Å². The molecule has 1 saturated heterocycles. The summed E-state index contributed by atoms with van der Waals surface area (Å²) in [6.07, 6.45) is 29.4. The summed E-state index contributed by atoms with van der Waals surface area (Å²) in [7, 11) is 0. The third-order valence-corrected chi connectivity index (χ3v) is 10.1. The highest BCUT2D eigenvalue weighted by Crippen LogP contribution is 2.54. The molecule has 3 fully saturated rings. The molecule has 1 aliphatic heterocycles. The van der Waals surface area contributed by atoms with Crippen LogP contribution in [0.4, 0.5) is 0 Å². The van der Waals surface area contributed by atoms with Crippen LogP contribution < -0.4 is 5.32 Å². The molecule has 5 aliphatic rings. The lowest BCUT2D eigenvalue weighted by Gasteiger charge is -2.54. The average Bonchev–Trinajstić information content (AvgIpc) is 2.77. The number of nitrogens with one attached hydrogen (secondary N) is 1. The zero-order chi connectivity index (χ0) is 20.5. The molecule has 4 aliphatic carbocycles. The van der Waals surface area contributed by atoms with Gasteiger partial charge in [0.2, 0.25) is 0 Å². The first-order chi connectivity index (χ1) is 14.8. The van der Waals surface area contributed by atoms with Gasteiger partial charge in [0.1, 0.15) is 0 Å². The van der Waals surface area contributed by atoms with Crippen molar-refractivity contribution in [3.63, 3.8) is 0 Å². The van der Waals surface area contributed by atoms with Crippen molar-refractivity contribution in [3.8, 4) is 0 Å². The second-order valence-electron chi connectivity index (χ2n) is 11.6. The lowest BCUT2D eigenvalue weighted by Crippen LogP contribution is -2.54. The van der Waals surface area contributed by atoms with Gasteiger partial charge in [0.15, 0.2) is 0 Å². The number of allylic oxidation sites excluding steroid dienone is 4. The van der Waals surface area contributed by atoms with E-state index in [9.17, 15) is 0 Å². The van der Waals surface area contributed by atoms with Crippen molar-refractivity contribution in [1.29, 1.82) is 0 Å². The first-order valence-electron chi connectivity index (χ1n) is 13.5. The molecule has 0 spiro atoms. The summed E-state index contributed by atoms with van der Waals surface area (Å²) in [5.74, 6) is 7.05. The maximum Gasteiger partial charge on any atom is 0.0138 e. The Bertz CT molecular complexity index is 647. The van der Waals surface area contributed by atoms with Crippen molar-refractivity contribution >= 4 is 0 Å². The minimum Gasteiger partial charge on any atom is -0.310 e. The van der Waals surface area contributed by atoms with E-state index < -0.39 is 0 Å². The number of rotatable bonds is 3. The van der Waals surface area contributed by atoms with Gasteiger partial charge in [-0.05, 0) is 98.7 Å². The first-order valence-corrected chi connectivity index (χ1v) is 13.5. The smallest absolute Gasteiger partial charge is 0.0138 e. The standard InChI is InChI=1S/C29H45N/c1-3-9-22-17-18-25(26-19-16-21-11-4-5-13-24(21)29(22)26)28-15-8-10-20(2)23-12-6-7-14-27(23)30-28/h3,6-7,16,19-30H,1,4-5,8-15,17-18H2,2H3. The molecule has 1 heterocycles. The van der Waals surface area contributed by atoms with Gasteiger partial charge in [-0.2, -0.15) is 0 Å². The lowest BCUT2D eigenvalue weighted by atomic mass is 9.53. The van der Waals surface area contributed by atoms with Crippen LogP contribution in [0.3, 0.4) is 0 Å². The van der Waals surface area contributed by atoms with E-state index in [1.807, 2.05) is 0 Å². The Morgan fingerprint density at radius 1 is 0.833 bits per heavy atom. The molecule has 0 radical (unpaired) electrons. The Kier molecular flexibility index (Phi) is 6.56. The SMILES string of the molecule is C=CCC1CCC(C2CCCC(C)C3CC=CCC3N2)C2C=CC3CCCCC3C12. The summed E-state index contributed by atoms with van der Waals surface area (Å²) in [5.41, 5.74) is 0. The van der Waals surface area contributed by atoms with Crippen LogP contribution in [0.1, 0.15) is 84.0 Å². The molecule has 5 rings (SSSR count). The molecule has 166 valence electrons. The molecule has 0 aromatic carbocycles. The Balaban J connectivity index is 1.39. The summed E-state index contributed by atoms with van der Waals surface area (Å²) in [6, 6.07) is 1.45. The zero-order valence-electron chi connectivity index (χ0n) is 19.4. The molecular formula is C29H45N. The fraction of sp³-hybridized carbons (Fsp3) is 0.793. The van der Waals surface area contributed by atoms with E-state index >= 15 is 0 Å². The van der Waals surface area contributed by atoms with E-state index in [2.05, 4.69) is 49.2 Å². The van der Waals surface area contributed by atoms with Crippen molar-refractivity contribution in [3.05, 3.63) is 37.0 Å². The van der Waals surface area contributed by atoms with Gasteiger partial charge in [0, 0.05) is 12.1 Å². The molecule has 0 aromatic rings. The van der Waals surface area contributed by atoms with Gasteiger partial charge in [-0.1, -0.05) is 63.0 Å². The number of fused-ring (bicyclic) bond motifs is 4. The fourth-order valence-corrected chi connectivity index (χ4v) is 8.66. The highest BCUT2D eigenvalue weighted by Gasteiger charge is 2.48. The van der Waals surface area contributed by atoms with Crippen LogP contribution in [0.2, 0.25) is 0 Å². The molecule has 1 heteroatoms.